The lowest BCUT2D eigenvalue weighted by Crippen LogP contribution is -1.80. The summed E-state index contributed by atoms with van der Waals surface area (Å²) in [5.41, 5.74) is 1.01. The molecule has 1 nitrogen and oxygen atoms in total. The van der Waals surface area contributed by atoms with E-state index in [9.17, 15) is 0 Å². The summed E-state index contributed by atoms with van der Waals surface area (Å²) < 4.78 is 5.71. The summed E-state index contributed by atoms with van der Waals surface area (Å²) in [7, 11) is 0. The second-order valence-corrected chi connectivity index (χ2v) is 3.71. The zero-order valence-electron chi connectivity index (χ0n) is 8.62. The summed E-state index contributed by atoms with van der Waals surface area (Å²) in [4.78, 5) is 0. The van der Waals surface area contributed by atoms with Crippen LogP contribution in [0.15, 0.2) is 34.7 Å². The minimum Gasteiger partial charge on any atom is -0.461 e. The van der Waals surface area contributed by atoms with Crippen molar-refractivity contribution in [3.8, 4) is 0 Å². The first-order chi connectivity index (χ1) is 6.90. The lowest BCUT2D eigenvalue weighted by atomic mass is 10.1. The molecule has 0 saturated heterocycles. The van der Waals surface area contributed by atoms with Crippen molar-refractivity contribution in [1.82, 2.24) is 0 Å². The Morgan fingerprint density at radius 1 is 1.14 bits per heavy atom. The van der Waals surface area contributed by atoms with Crippen LogP contribution in [0.3, 0.4) is 0 Å². The Kier molecular flexibility index (Phi) is 2.87. The molecule has 0 aliphatic heterocycles. The molecule has 0 bridgehead atoms. The molecule has 1 heterocycles. The fourth-order valence-corrected chi connectivity index (χ4v) is 1.71. The summed E-state index contributed by atoms with van der Waals surface area (Å²) in [6.45, 7) is 2.22. The second-order valence-electron chi connectivity index (χ2n) is 3.71. The van der Waals surface area contributed by atoms with Crippen molar-refractivity contribution in [3.63, 3.8) is 0 Å². The molecule has 14 heavy (non-hydrogen) atoms. The van der Waals surface area contributed by atoms with Gasteiger partial charge in [0.1, 0.15) is 11.3 Å². The molecule has 1 heteroatoms. The number of hydrogen-bond donors (Lipinski definition) is 0. The van der Waals surface area contributed by atoms with Gasteiger partial charge in [-0.15, -0.1) is 0 Å². The molecule has 0 fully saturated rings. The fraction of sp³-hybridized carbons (Fsp3) is 0.385. The molecule has 0 radical (unpaired) electrons. The van der Waals surface area contributed by atoms with Crippen LogP contribution >= 0.6 is 0 Å². The average molecular weight is 188 g/mol. The Balaban J connectivity index is 2.11. The molecule has 0 aliphatic carbocycles. The molecule has 0 N–H and O–H groups in total. The Labute approximate surface area is 84.7 Å². The normalized spacial score (nSPS) is 10.9. The molecular weight excluding hydrogens is 172 g/mol. The number of fused-ring (bicyclic) bond motifs is 1. The van der Waals surface area contributed by atoms with Crippen molar-refractivity contribution in [2.75, 3.05) is 0 Å². The van der Waals surface area contributed by atoms with Crippen molar-refractivity contribution in [2.24, 2.45) is 0 Å². The predicted molar refractivity (Wildman–Crippen MR) is 59.4 cm³/mol. The van der Waals surface area contributed by atoms with E-state index < -0.39 is 0 Å². The fourth-order valence-electron chi connectivity index (χ4n) is 1.71. The van der Waals surface area contributed by atoms with Crippen LogP contribution in [-0.4, -0.2) is 0 Å². The lowest BCUT2D eigenvalue weighted by molar-refractivity contribution is 0.531. The molecule has 2 rings (SSSR count). The maximum Gasteiger partial charge on any atom is 0.134 e. The van der Waals surface area contributed by atoms with Crippen LogP contribution in [0.25, 0.3) is 11.0 Å². The van der Waals surface area contributed by atoms with Gasteiger partial charge in [0.15, 0.2) is 0 Å². The number of benzene rings is 1. The van der Waals surface area contributed by atoms with Crippen LogP contribution in [0.4, 0.5) is 0 Å². The molecule has 0 unspecified atom stereocenters. The number of furan rings is 1. The zero-order chi connectivity index (χ0) is 9.80. The number of rotatable bonds is 4. The van der Waals surface area contributed by atoms with Crippen molar-refractivity contribution >= 4 is 11.0 Å². The number of hydrogen-bond acceptors (Lipinski definition) is 1. The molecule has 0 saturated carbocycles. The highest BCUT2D eigenvalue weighted by molar-refractivity contribution is 5.77. The summed E-state index contributed by atoms with van der Waals surface area (Å²) in [6, 6.07) is 10.3. The van der Waals surface area contributed by atoms with E-state index in [0.29, 0.717) is 0 Å². The SMILES string of the molecule is CCCCCc1cc2ccccc2o1. The van der Waals surface area contributed by atoms with Gasteiger partial charge in [0, 0.05) is 11.8 Å². The molecule has 2 aromatic rings. The second kappa shape index (κ2) is 4.32. The van der Waals surface area contributed by atoms with E-state index in [1.54, 1.807) is 0 Å². The van der Waals surface area contributed by atoms with Gasteiger partial charge < -0.3 is 4.42 Å². The molecule has 0 aliphatic rings. The van der Waals surface area contributed by atoms with Gasteiger partial charge in [0.05, 0.1) is 0 Å². The van der Waals surface area contributed by atoms with E-state index in [0.717, 1.165) is 17.8 Å². The predicted octanol–water partition coefficient (Wildman–Crippen LogP) is 4.17. The Morgan fingerprint density at radius 2 is 2.00 bits per heavy atom. The Bertz CT molecular complexity index is 367. The maximum atomic E-state index is 5.71. The van der Waals surface area contributed by atoms with Crippen LogP contribution in [-0.2, 0) is 6.42 Å². The first kappa shape index (κ1) is 9.32. The third kappa shape index (κ3) is 1.98. The van der Waals surface area contributed by atoms with Crippen LogP contribution in [0.1, 0.15) is 31.9 Å². The average Bonchev–Trinajstić information content (AvgIpc) is 2.60. The minimum atomic E-state index is 1.01. The summed E-state index contributed by atoms with van der Waals surface area (Å²) >= 11 is 0. The minimum absolute atomic E-state index is 1.01. The van der Waals surface area contributed by atoms with Gasteiger partial charge in [0.2, 0.25) is 0 Å². The molecule has 0 atom stereocenters. The van der Waals surface area contributed by atoms with Crippen molar-refractivity contribution in [1.29, 1.82) is 0 Å². The van der Waals surface area contributed by atoms with Gasteiger partial charge >= 0.3 is 0 Å². The van der Waals surface area contributed by atoms with Crippen molar-refractivity contribution in [3.05, 3.63) is 36.1 Å². The van der Waals surface area contributed by atoms with Crippen molar-refractivity contribution in [2.45, 2.75) is 32.6 Å². The van der Waals surface area contributed by atoms with Crippen molar-refractivity contribution < 1.29 is 4.42 Å². The summed E-state index contributed by atoms with van der Waals surface area (Å²) in [5, 5.41) is 1.22. The molecular formula is C13H16O. The highest BCUT2D eigenvalue weighted by Crippen LogP contribution is 2.20. The summed E-state index contributed by atoms with van der Waals surface area (Å²) in [5.74, 6) is 1.12. The standard InChI is InChI=1S/C13H16O/c1-2-3-4-8-12-10-11-7-5-6-9-13(11)14-12/h5-7,9-10H,2-4,8H2,1H3. The van der Waals surface area contributed by atoms with E-state index in [2.05, 4.69) is 19.1 Å². The number of aryl methyl sites for hydroxylation is 1. The van der Waals surface area contributed by atoms with E-state index in [1.165, 1.54) is 24.6 Å². The molecule has 1 aromatic heterocycles. The van der Waals surface area contributed by atoms with E-state index in [4.69, 9.17) is 4.42 Å². The number of unbranched alkanes of at least 4 members (excludes halogenated alkanes) is 2. The first-order valence-electron chi connectivity index (χ1n) is 5.37. The topological polar surface area (TPSA) is 13.1 Å². The quantitative estimate of drug-likeness (QED) is 0.656. The monoisotopic (exact) mass is 188 g/mol. The van der Waals surface area contributed by atoms with Gasteiger partial charge in [-0.25, -0.2) is 0 Å². The van der Waals surface area contributed by atoms with Gasteiger partial charge in [-0.3, -0.25) is 0 Å². The van der Waals surface area contributed by atoms with E-state index in [-0.39, 0.29) is 0 Å². The van der Waals surface area contributed by atoms with Crippen LogP contribution < -0.4 is 0 Å². The van der Waals surface area contributed by atoms with E-state index >= 15 is 0 Å². The first-order valence-corrected chi connectivity index (χ1v) is 5.37. The van der Waals surface area contributed by atoms with Crippen LogP contribution in [0.2, 0.25) is 0 Å². The molecule has 1 aromatic carbocycles. The van der Waals surface area contributed by atoms with Gasteiger partial charge in [-0.1, -0.05) is 38.0 Å². The van der Waals surface area contributed by atoms with Crippen LogP contribution in [0, 0.1) is 0 Å². The van der Waals surface area contributed by atoms with E-state index in [1.807, 2.05) is 18.2 Å². The van der Waals surface area contributed by atoms with Crippen LogP contribution in [0.5, 0.6) is 0 Å². The Hall–Kier alpha value is -1.24. The largest absolute Gasteiger partial charge is 0.461 e. The highest BCUT2D eigenvalue weighted by atomic mass is 16.3. The van der Waals surface area contributed by atoms with Gasteiger partial charge in [-0.2, -0.15) is 0 Å². The van der Waals surface area contributed by atoms with Gasteiger partial charge in [-0.05, 0) is 18.6 Å². The molecule has 74 valence electrons. The Morgan fingerprint density at radius 3 is 2.79 bits per heavy atom. The summed E-state index contributed by atoms with van der Waals surface area (Å²) in [6.07, 6.45) is 4.86. The smallest absolute Gasteiger partial charge is 0.134 e. The lowest BCUT2D eigenvalue weighted by Gasteiger charge is -1.93. The maximum absolute atomic E-state index is 5.71. The van der Waals surface area contributed by atoms with Gasteiger partial charge in [0.25, 0.3) is 0 Å². The highest BCUT2D eigenvalue weighted by Gasteiger charge is 2.01. The zero-order valence-corrected chi connectivity index (χ0v) is 8.62. The number of para-hydroxylation sites is 1. The molecule has 0 amide bonds. The molecule has 0 spiro atoms. The third-order valence-corrected chi connectivity index (χ3v) is 2.50. The third-order valence-electron chi connectivity index (χ3n) is 2.50.